The van der Waals surface area contributed by atoms with Crippen LogP contribution >= 0.6 is 0 Å². The van der Waals surface area contributed by atoms with E-state index in [1.807, 2.05) is 0 Å². The van der Waals surface area contributed by atoms with Gasteiger partial charge in [0.15, 0.2) is 14.6 Å². The molecule has 1 fully saturated rings. The summed E-state index contributed by atoms with van der Waals surface area (Å²) in [7, 11) is -3.54. The smallest absolute Gasteiger partial charge is 0.324 e. The summed E-state index contributed by atoms with van der Waals surface area (Å²) in [5, 5.41) is 8.41. The van der Waals surface area contributed by atoms with Crippen molar-refractivity contribution in [3.05, 3.63) is 0 Å². The van der Waals surface area contributed by atoms with Gasteiger partial charge in [-0.2, -0.15) is 0 Å². The van der Waals surface area contributed by atoms with Crippen molar-refractivity contribution in [2.75, 3.05) is 0 Å². The molecule has 0 aromatic rings. The molecule has 0 heterocycles. The molecule has 4 nitrogen and oxygen atoms in total. The zero-order valence-corrected chi connectivity index (χ0v) is 9.30. The fourth-order valence-electron chi connectivity index (χ4n) is 1.74. The highest BCUT2D eigenvalue weighted by Gasteiger charge is 2.46. The maximum Gasteiger partial charge on any atom is 0.324 e. The van der Waals surface area contributed by atoms with Crippen LogP contribution in [0.2, 0.25) is 0 Å². The van der Waals surface area contributed by atoms with Gasteiger partial charge in [-0.1, -0.05) is 12.8 Å². The number of hydrogen-bond donors (Lipinski definition) is 1. The molecule has 0 saturated heterocycles. The van der Waals surface area contributed by atoms with Gasteiger partial charge < -0.3 is 5.11 Å². The fourth-order valence-corrected chi connectivity index (χ4v) is 3.77. The van der Waals surface area contributed by atoms with Crippen molar-refractivity contribution in [2.45, 2.75) is 49.5 Å². The van der Waals surface area contributed by atoms with Crippen LogP contribution in [-0.4, -0.2) is 29.5 Å². The zero-order chi connectivity index (χ0) is 11.0. The van der Waals surface area contributed by atoms with Gasteiger partial charge in [-0.3, -0.25) is 4.79 Å². The Morgan fingerprint density at radius 1 is 1.29 bits per heavy atom. The van der Waals surface area contributed by atoms with Gasteiger partial charge in [0.05, 0.1) is 5.25 Å². The lowest BCUT2D eigenvalue weighted by Gasteiger charge is -2.23. The van der Waals surface area contributed by atoms with Gasteiger partial charge in [-0.25, -0.2) is 8.42 Å². The Morgan fingerprint density at radius 3 is 2.07 bits per heavy atom. The monoisotopic (exact) mass is 220 g/mol. The number of rotatable bonds is 3. The average molecular weight is 220 g/mol. The molecule has 0 radical (unpaired) electrons. The molecule has 1 aliphatic carbocycles. The lowest BCUT2D eigenvalue weighted by Crippen LogP contribution is -2.45. The summed E-state index contributed by atoms with van der Waals surface area (Å²) < 4.78 is 22.2. The Bertz CT molecular complexity index is 323. The molecule has 0 aliphatic heterocycles. The molecular weight excluding hydrogens is 204 g/mol. The summed E-state index contributed by atoms with van der Waals surface area (Å²) in [6.07, 6.45) is 3.00. The van der Waals surface area contributed by atoms with Crippen molar-refractivity contribution in [3.8, 4) is 0 Å². The quantitative estimate of drug-likeness (QED) is 0.776. The van der Waals surface area contributed by atoms with Crippen molar-refractivity contribution < 1.29 is 18.3 Å². The summed E-state index contributed by atoms with van der Waals surface area (Å²) in [5.74, 6) is -1.26. The van der Waals surface area contributed by atoms with Gasteiger partial charge in [0.25, 0.3) is 0 Å². The van der Waals surface area contributed by atoms with Crippen molar-refractivity contribution in [3.63, 3.8) is 0 Å². The number of carboxylic acids is 1. The van der Waals surface area contributed by atoms with E-state index in [0.717, 1.165) is 12.8 Å². The second-order valence-corrected chi connectivity index (χ2v) is 7.04. The Labute approximate surface area is 84.2 Å². The highest BCUT2D eigenvalue weighted by Crippen LogP contribution is 2.32. The van der Waals surface area contributed by atoms with Crippen LogP contribution in [0.15, 0.2) is 0 Å². The van der Waals surface area contributed by atoms with Crippen LogP contribution < -0.4 is 0 Å². The summed E-state index contributed by atoms with van der Waals surface area (Å²) in [6.45, 7) is 2.53. The lowest BCUT2D eigenvalue weighted by molar-refractivity contribution is -0.139. The second-order valence-electron chi connectivity index (χ2n) is 4.27. The normalized spacial score (nSPS) is 19.9. The molecule has 82 valence electrons. The molecule has 0 bridgehead atoms. The topological polar surface area (TPSA) is 71.4 Å². The average Bonchev–Trinajstić information content (AvgIpc) is 2.55. The third-order valence-electron chi connectivity index (χ3n) is 2.97. The van der Waals surface area contributed by atoms with E-state index < -0.39 is 25.8 Å². The number of aliphatic carboxylic acids is 1. The predicted octanol–water partition coefficient (Wildman–Crippen LogP) is 1.21. The minimum absolute atomic E-state index is 0.450. The second kappa shape index (κ2) is 3.53. The SMILES string of the molecule is CC(C)(C(=O)O)S(=O)(=O)C1CCCC1. The predicted molar refractivity (Wildman–Crippen MR) is 52.9 cm³/mol. The molecule has 1 aliphatic rings. The number of sulfone groups is 1. The Morgan fingerprint density at radius 2 is 1.71 bits per heavy atom. The van der Waals surface area contributed by atoms with E-state index in [1.165, 1.54) is 13.8 Å². The van der Waals surface area contributed by atoms with Crippen LogP contribution in [0.25, 0.3) is 0 Å². The molecular formula is C9H16O4S. The van der Waals surface area contributed by atoms with Crippen LogP contribution in [0, 0.1) is 0 Å². The molecule has 0 amide bonds. The molecule has 1 rings (SSSR count). The highest BCUT2D eigenvalue weighted by molar-refractivity contribution is 7.94. The molecule has 1 N–H and O–H groups in total. The third-order valence-corrected chi connectivity index (χ3v) is 5.91. The first kappa shape index (κ1) is 11.5. The highest BCUT2D eigenvalue weighted by atomic mass is 32.2. The lowest BCUT2D eigenvalue weighted by atomic mass is 10.2. The molecule has 0 aromatic heterocycles. The summed E-state index contributed by atoms with van der Waals surface area (Å²) in [6, 6.07) is 0. The van der Waals surface area contributed by atoms with Crippen LogP contribution in [0.4, 0.5) is 0 Å². The van der Waals surface area contributed by atoms with Crippen molar-refractivity contribution >= 4 is 15.8 Å². The molecule has 14 heavy (non-hydrogen) atoms. The van der Waals surface area contributed by atoms with Gasteiger partial charge in [0, 0.05) is 0 Å². The molecule has 5 heteroatoms. The Balaban J connectivity index is 3.00. The van der Waals surface area contributed by atoms with Crippen LogP contribution in [0.3, 0.4) is 0 Å². The Kier molecular flexibility index (Phi) is 2.90. The van der Waals surface area contributed by atoms with Crippen LogP contribution in [0.1, 0.15) is 39.5 Å². The molecule has 0 atom stereocenters. The van der Waals surface area contributed by atoms with E-state index in [2.05, 4.69) is 0 Å². The minimum Gasteiger partial charge on any atom is -0.480 e. The van der Waals surface area contributed by atoms with Crippen molar-refractivity contribution in [2.24, 2.45) is 0 Å². The van der Waals surface area contributed by atoms with Crippen molar-refractivity contribution in [1.29, 1.82) is 0 Å². The fraction of sp³-hybridized carbons (Fsp3) is 0.889. The number of carbonyl (C=O) groups is 1. The van der Waals surface area contributed by atoms with Gasteiger partial charge in [0.1, 0.15) is 0 Å². The Hall–Kier alpha value is -0.580. The zero-order valence-electron chi connectivity index (χ0n) is 8.49. The maximum atomic E-state index is 11.9. The molecule has 0 aromatic carbocycles. The summed E-state index contributed by atoms with van der Waals surface area (Å²) in [4.78, 5) is 10.8. The van der Waals surface area contributed by atoms with E-state index in [9.17, 15) is 13.2 Å². The first-order valence-electron chi connectivity index (χ1n) is 4.77. The number of hydrogen-bond acceptors (Lipinski definition) is 3. The van der Waals surface area contributed by atoms with E-state index in [1.54, 1.807) is 0 Å². The third kappa shape index (κ3) is 1.65. The largest absolute Gasteiger partial charge is 0.480 e. The van der Waals surface area contributed by atoms with Gasteiger partial charge in [0.2, 0.25) is 0 Å². The van der Waals surface area contributed by atoms with Gasteiger partial charge in [-0.05, 0) is 26.7 Å². The summed E-state index contributed by atoms with van der Waals surface area (Å²) in [5.41, 5.74) is 0. The van der Waals surface area contributed by atoms with E-state index in [0.29, 0.717) is 12.8 Å². The first-order valence-corrected chi connectivity index (χ1v) is 6.31. The van der Waals surface area contributed by atoms with E-state index in [4.69, 9.17) is 5.11 Å². The summed E-state index contributed by atoms with van der Waals surface area (Å²) >= 11 is 0. The number of carboxylic acid groups (broad SMARTS) is 1. The van der Waals surface area contributed by atoms with Crippen LogP contribution in [0.5, 0.6) is 0 Å². The maximum absolute atomic E-state index is 11.9. The first-order chi connectivity index (χ1) is 6.30. The van der Waals surface area contributed by atoms with Crippen LogP contribution in [-0.2, 0) is 14.6 Å². The van der Waals surface area contributed by atoms with Gasteiger partial charge in [-0.15, -0.1) is 0 Å². The molecule has 0 spiro atoms. The van der Waals surface area contributed by atoms with Gasteiger partial charge >= 0.3 is 5.97 Å². The standard InChI is InChI=1S/C9H16O4S/c1-9(2,8(10)11)14(12,13)7-5-3-4-6-7/h7H,3-6H2,1-2H3,(H,10,11). The van der Waals surface area contributed by atoms with E-state index in [-0.39, 0.29) is 0 Å². The minimum atomic E-state index is -3.54. The van der Waals surface area contributed by atoms with Crippen molar-refractivity contribution in [1.82, 2.24) is 0 Å². The molecule has 1 saturated carbocycles. The molecule has 0 unspecified atom stereocenters. The van der Waals surface area contributed by atoms with E-state index >= 15 is 0 Å².